The summed E-state index contributed by atoms with van der Waals surface area (Å²) >= 11 is 0. The molecule has 136 valence electrons. The minimum atomic E-state index is 0.763. The van der Waals surface area contributed by atoms with Crippen LogP contribution in [0.3, 0.4) is 0 Å². The molecular formula is C21H22N6. The molecule has 1 aromatic carbocycles. The highest BCUT2D eigenvalue weighted by molar-refractivity contribution is 5.76. The number of aromatic nitrogens is 3. The van der Waals surface area contributed by atoms with E-state index >= 15 is 0 Å². The monoisotopic (exact) mass is 358 g/mol. The Hall–Kier alpha value is -3.07. The number of hydrogen-bond acceptors (Lipinski definition) is 5. The topological polar surface area (TPSA) is 61.0 Å². The van der Waals surface area contributed by atoms with Crippen molar-refractivity contribution >= 4 is 5.69 Å². The number of hydrogen-bond donors (Lipinski definition) is 0. The zero-order valence-electron chi connectivity index (χ0n) is 15.3. The molecule has 0 aromatic heterocycles. The predicted molar refractivity (Wildman–Crippen MR) is 105 cm³/mol. The molecule has 0 atom stereocenters. The molecule has 0 bridgehead atoms. The molecule has 0 spiro atoms. The molecule has 0 radical (unpaired) electrons. The van der Waals surface area contributed by atoms with Gasteiger partial charge >= 0.3 is 0 Å². The molecule has 0 unspecified atom stereocenters. The fourth-order valence-electron chi connectivity index (χ4n) is 4.50. The zero-order valence-corrected chi connectivity index (χ0v) is 15.3. The summed E-state index contributed by atoms with van der Waals surface area (Å²) < 4.78 is 0. The van der Waals surface area contributed by atoms with E-state index in [4.69, 9.17) is 0 Å². The van der Waals surface area contributed by atoms with Gasteiger partial charge in [-0.1, -0.05) is 18.2 Å². The van der Waals surface area contributed by atoms with Crippen molar-refractivity contribution in [1.82, 2.24) is 14.9 Å². The maximum absolute atomic E-state index is 9.70. The second kappa shape index (κ2) is 6.58. The molecule has 6 heteroatoms. The Morgan fingerprint density at radius 1 is 0.926 bits per heavy atom. The number of nitrogens with zero attached hydrogens (tertiary/aromatic N) is 6. The molecule has 2 heterocycles. The van der Waals surface area contributed by atoms with Gasteiger partial charge in [0.15, 0.2) is 0 Å². The first-order valence-electron chi connectivity index (χ1n) is 9.69. The van der Waals surface area contributed by atoms with Crippen molar-refractivity contribution in [3.63, 3.8) is 0 Å². The summed E-state index contributed by atoms with van der Waals surface area (Å²) in [5.74, 6) is 0. The van der Waals surface area contributed by atoms with Crippen LogP contribution in [-0.2, 0) is 12.8 Å². The van der Waals surface area contributed by atoms with Gasteiger partial charge in [-0.05, 0) is 48.9 Å². The van der Waals surface area contributed by atoms with E-state index in [1.165, 1.54) is 23.2 Å². The molecule has 27 heavy (non-hydrogen) atoms. The number of rotatable bonds is 2. The summed E-state index contributed by atoms with van der Waals surface area (Å²) in [6.45, 7) is 3.70. The van der Waals surface area contributed by atoms with Crippen LogP contribution in [0.5, 0.6) is 0 Å². The molecule has 0 saturated carbocycles. The van der Waals surface area contributed by atoms with E-state index < -0.39 is 0 Å². The first-order valence-corrected chi connectivity index (χ1v) is 9.69. The fourth-order valence-corrected chi connectivity index (χ4v) is 4.50. The SMILES string of the molecule is N#Cc1c2ncnn(N3CCN(c4ccccc4)CC3)c-2c2c1CCCC2. The summed E-state index contributed by atoms with van der Waals surface area (Å²) in [6.07, 6.45) is 5.92. The maximum atomic E-state index is 9.70. The molecular weight excluding hydrogens is 336 g/mol. The van der Waals surface area contributed by atoms with Crippen molar-refractivity contribution in [3.8, 4) is 17.5 Å². The molecule has 2 aliphatic carbocycles. The number of anilines is 1. The van der Waals surface area contributed by atoms with E-state index in [9.17, 15) is 5.26 Å². The summed E-state index contributed by atoms with van der Waals surface area (Å²) in [4.78, 5) is 8.92. The lowest BCUT2D eigenvalue weighted by Gasteiger charge is -2.38. The van der Waals surface area contributed by atoms with E-state index in [1.54, 1.807) is 6.33 Å². The normalized spacial score (nSPS) is 17.0. The second-order valence-corrected chi connectivity index (χ2v) is 7.27. The lowest BCUT2D eigenvalue weighted by atomic mass is 9.94. The van der Waals surface area contributed by atoms with Crippen molar-refractivity contribution in [1.29, 1.82) is 5.26 Å². The van der Waals surface area contributed by atoms with Gasteiger partial charge in [0.2, 0.25) is 0 Å². The Labute approximate surface area is 159 Å². The third-order valence-corrected chi connectivity index (χ3v) is 5.82. The largest absolute Gasteiger partial charge is 0.368 e. The van der Waals surface area contributed by atoms with Gasteiger partial charge < -0.3 is 4.90 Å². The minimum Gasteiger partial charge on any atom is -0.368 e. The van der Waals surface area contributed by atoms with Gasteiger partial charge in [-0.25, -0.2) is 4.98 Å². The Morgan fingerprint density at radius 3 is 2.41 bits per heavy atom. The lowest BCUT2D eigenvalue weighted by Crippen LogP contribution is -2.52. The second-order valence-electron chi connectivity index (χ2n) is 7.27. The van der Waals surface area contributed by atoms with Crippen LogP contribution in [0, 0.1) is 11.3 Å². The van der Waals surface area contributed by atoms with Crippen molar-refractivity contribution < 1.29 is 0 Å². The molecule has 1 saturated heterocycles. The first kappa shape index (κ1) is 16.1. The minimum absolute atomic E-state index is 0.763. The van der Waals surface area contributed by atoms with Gasteiger partial charge in [-0.2, -0.15) is 10.1 Å². The van der Waals surface area contributed by atoms with Crippen LogP contribution in [0.1, 0.15) is 29.5 Å². The Balaban J connectivity index is 1.47. The van der Waals surface area contributed by atoms with Crippen molar-refractivity contribution in [2.24, 2.45) is 0 Å². The summed E-state index contributed by atoms with van der Waals surface area (Å²) in [6, 6.07) is 13.0. The van der Waals surface area contributed by atoms with Crippen molar-refractivity contribution in [2.75, 3.05) is 36.1 Å². The van der Waals surface area contributed by atoms with Crippen LogP contribution >= 0.6 is 0 Å². The van der Waals surface area contributed by atoms with Gasteiger partial charge in [0.05, 0.1) is 18.7 Å². The zero-order chi connectivity index (χ0) is 18.2. The van der Waals surface area contributed by atoms with E-state index in [2.05, 4.69) is 56.4 Å². The van der Waals surface area contributed by atoms with Gasteiger partial charge in [0.1, 0.15) is 23.8 Å². The highest BCUT2D eigenvalue weighted by Gasteiger charge is 2.31. The van der Waals surface area contributed by atoms with Gasteiger partial charge in [-0.15, -0.1) is 5.10 Å². The van der Waals surface area contributed by atoms with Crippen LogP contribution in [0.25, 0.3) is 11.4 Å². The third kappa shape index (κ3) is 2.62. The third-order valence-electron chi connectivity index (χ3n) is 5.82. The molecule has 1 fully saturated rings. The van der Waals surface area contributed by atoms with Crippen molar-refractivity contribution in [2.45, 2.75) is 25.7 Å². The van der Waals surface area contributed by atoms with E-state index in [-0.39, 0.29) is 0 Å². The van der Waals surface area contributed by atoms with Gasteiger partial charge in [0, 0.05) is 18.8 Å². The summed E-state index contributed by atoms with van der Waals surface area (Å²) in [5, 5.41) is 16.6. The quantitative estimate of drug-likeness (QED) is 0.705. The average Bonchev–Trinajstić information content (AvgIpc) is 3.08. The van der Waals surface area contributed by atoms with Crippen LogP contribution in [0.15, 0.2) is 36.7 Å². The molecule has 5 rings (SSSR count). The number of benzene rings is 1. The number of piperazine rings is 1. The van der Waals surface area contributed by atoms with Crippen LogP contribution in [0.4, 0.5) is 5.69 Å². The molecule has 0 amide bonds. The van der Waals surface area contributed by atoms with Crippen LogP contribution < -0.4 is 9.91 Å². The average molecular weight is 358 g/mol. The summed E-state index contributed by atoms with van der Waals surface area (Å²) in [7, 11) is 0. The smallest absolute Gasteiger partial charge is 0.138 e. The maximum Gasteiger partial charge on any atom is 0.138 e. The highest BCUT2D eigenvalue weighted by Crippen LogP contribution is 2.38. The summed E-state index contributed by atoms with van der Waals surface area (Å²) in [5.41, 5.74) is 6.41. The Kier molecular flexibility index (Phi) is 3.93. The Bertz CT molecular complexity index is 962. The molecule has 2 aliphatic heterocycles. The van der Waals surface area contributed by atoms with Gasteiger partial charge in [0.25, 0.3) is 0 Å². The lowest BCUT2D eigenvalue weighted by molar-refractivity contribution is 0.481. The van der Waals surface area contributed by atoms with Crippen molar-refractivity contribution in [3.05, 3.63) is 53.3 Å². The number of nitriles is 1. The van der Waals surface area contributed by atoms with E-state index in [0.29, 0.717) is 0 Å². The van der Waals surface area contributed by atoms with E-state index in [1.807, 2.05) is 4.79 Å². The fraction of sp³-hybridized carbons (Fsp3) is 0.381. The highest BCUT2D eigenvalue weighted by atomic mass is 15.7. The molecule has 4 aliphatic rings. The molecule has 1 aromatic rings. The van der Waals surface area contributed by atoms with Crippen LogP contribution in [-0.4, -0.2) is 41.1 Å². The number of para-hydroxylation sites is 1. The number of fused-ring (bicyclic) bond motifs is 3. The van der Waals surface area contributed by atoms with Gasteiger partial charge in [-0.3, -0.25) is 5.01 Å². The molecule has 0 N–H and O–H groups in total. The molecule has 6 nitrogen and oxygen atoms in total. The standard InChI is InChI=1S/C21H22N6/c22-14-19-17-8-4-5-9-18(17)21-20(19)23-15-24-27(21)26-12-10-25(11-13-26)16-6-2-1-3-7-16/h1-3,6-7,15H,4-5,8-13H2. The first-order chi connectivity index (χ1) is 13.4. The Morgan fingerprint density at radius 2 is 1.67 bits per heavy atom. The van der Waals surface area contributed by atoms with Crippen LogP contribution in [0.2, 0.25) is 0 Å². The predicted octanol–water partition coefficient (Wildman–Crippen LogP) is 2.59. The van der Waals surface area contributed by atoms with E-state index in [0.717, 1.165) is 62.4 Å².